The minimum Gasteiger partial charge on any atom is -0.417 e. The van der Waals surface area contributed by atoms with Crippen LogP contribution in [0.3, 0.4) is 0 Å². The maximum Gasteiger partial charge on any atom is 0.254 e. The number of thioether (sulfide) groups is 2. The third-order valence-corrected chi connectivity index (χ3v) is 11.2. The molecule has 6 nitrogen and oxygen atoms in total. The molecule has 9 heteroatoms. The van der Waals surface area contributed by atoms with Gasteiger partial charge in [0.1, 0.15) is 4.24 Å². The first-order chi connectivity index (χ1) is 10.5. The number of rotatable bonds is 8. The standard InChI is InChI=1S/C14H26N2O4S2Si/c1-14(2,3)23(5,6)20-8-7-10-12(17)15-13(10)22-11(21-4)9-16(18)19/h9-10,13H,7-8H2,1-6H3,(H,15,17)/t10-,13+/m0/s1. The van der Waals surface area contributed by atoms with Crippen molar-refractivity contribution in [3.05, 3.63) is 20.6 Å². The summed E-state index contributed by atoms with van der Waals surface area (Å²) >= 11 is 2.66. The van der Waals surface area contributed by atoms with Gasteiger partial charge in [0, 0.05) is 6.61 Å². The summed E-state index contributed by atoms with van der Waals surface area (Å²) in [5, 5.41) is 13.4. The number of β-lactam (4-membered cyclic amide) rings is 1. The Bertz CT molecular complexity index is 492. The van der Waals surface area contributed by atoms with E-state index >= 15 is 0 Å². The molecule has 0 aromatic heterocycles. The van der Waals surface area contributed by atoms with Crippen molar-refractivity contribution in [3.8, 4) is 0 Å². The first-order valence-corrected chi connectivity index (χ1v) is 12.5. The fourth-order valence-electron chi connectivity index (χ4n) is 1.78. The zero-order chi connectivity index (χ0) is 17.8. The minimum absolute atomic E-state index is 0.00267. The molecule has 1 saturated heterocycles. The zero-order valence-electron chi connectivity index (χ0n) is 14.5. The van der Waals surface area contributed by atoms with Crippen LogP contribution < -0.4 is 5.32 Å². The van der Waals surface area contributed by atoms with Gasteiger partial charge in [0.2, 0.25) is 5.91 Å². The molecule has 1 heterocycles. The van der Waals surface area contributed by atoms with Crippen molar-refractivity contribution in [2.24, 2.45) is 5.92 Å². The molecule has 2 atom stereocenters. The summed E-state index contributed by atoms with van der Waals surface area (Å²) in [5.41, 5.74) is 0. The van der Waals surface area contributed by atoms with Crippen LogP contribution in [0, 0.1) is 16.0 Å². The maximum absolute atomic E-state index is 11.8. The van der Waals surface area contributed by atoms with Gasteiger partial charge in [0.25, 0.3) is 6.20 Å². The van der Waals surface area contributed by atoms with E-state index in [0.29, 0.717) is 17.3 Å². The maximum atomic E-state index is 11.8. The van der Waals surface area contributed by atoms with E-state index in [1.54, 1.807) is 6.26 Å². The lowest BCUT2D eigenvalue weighted by Crippen LogP contribution is -2.56. The highest BCUT2D eigenvalue weighted by Gasteiger charge is 2.42. The number of nitro groups is 1. The Morgan fingerprint density at radius 3 is 2.52 bits per heavy atom. The fraction of sp³-hybridized carbons (Fsp3) is 0.786. The highest BCUT2D eigenvalue weighted by Crippen LogP contribution is 2.39. The van der Waals surface area contributed by atoms with Gasteiger partial charge in [0.15, 0.2) is 8.32 Å². The van der Waals surface area contributed by atoms with E-state index in [1.807, 2.05) is 0 Å². The van der Waals surface area contributed by atoms with Crippen LogP contribution in [-0.4, -0.2) is 37.4 Å². The molecule has 0 unspecified atom stereocenters. The Balaban J connectivity index is 2.53. The molecular weight excluding hydrogens is 352 g/mol. The summed E-state index contributed by atoms with van der Waals surface area (Å²) in [5.74, 6) is -0.144. The zero-order valence-corrected chi connectivity index (χ0v) is 17.2. The molecule has 0 aromatic rings. The van der Waals surface area contributed by atoms with E-state index < -0.39 is 13.2 Å². The van der Waals surface area contributed by atoms with E-state index in [4.69, 9.17) is 4.43 Å². The number of amides is 1. The van der Waals surface area contributed by atoms with Crippen molar-refractivity contribution in [1.29, 1.82) is 0 Å². The van der Waals surface area contributed by atoms with Gasteiger partial charge in [-0.2, -0.15) is 0 Å². The second-order valence-corrected chi connectivity index (χ2v) is 14.1. The van der Waals surface area contributed by atoms with Crippen LogP contribution in [-0.2, 0) is 9.22 Å². The van der Waals surface area contributed by atoms with E-state index in [-0.39, 0.29) is 22.2 Å². The lowest BCUT2D eigenvalue weighted by molar-refractivity contribution is -0.402. The molecule has 0 bridgehead atoms. The molecule has 1 rings (SSSR count). The first kappa shape index (κ1) is 20.5. The molecule has 1 aliphatic rings. The van der Waals surface area contributed by atoms with Crippen LogP contribution in [0.25, 0.3) is 0 Å². The van der Waals surface area contributed by atoms with Gasteiger partial charge < -0.3 is 9.74 Å². The van der Waals surface area contributed by atoms with Crippen molar-refractivity contribution in [2.45, 2.75) is 50.7 Å². The van der Waals surface area contributed by atoms with Gasteiger partial charge in [-0.1, -0.05) is 32.5 Å². The van der Waals surface area contributed by atoms with Gasteiger partial charge in [-0.15, -0.1) is 11.8 Å². The Hall–Kier alpha value is -0.513. The molecule has 1 amide bonds. The number of nitrogens with zero attached hydrogens (tertiary/aromatic N) is 1. The van der Waals surface area contributed by atoms with Crippen molar-refractivity contribution in [3.63, 3.8) is 0 Å². The molecule has 0 radical (unpaired) electrons. The van der Waals surface area contributed by atoms with E-state index in [1.165, 1.54) is 23.5 Å². The number of nitrogens with one attached hydrogen (secondary N) is 1. The van der Waals surface area contributed by atoms with Crippen LogP contribution >= 0.6 is 23.5 Å². The monoisotopic (exact) mass is 378 g/mol. The summed E-state index contributed by atoms with van der Waals surface area (Å²) in [6, 6.07) is 0. The second-order valence-electron chi connectivity index (χ2n) is 6.99. The van der Waals surface area contributed by atoms with Gasteiger partial charge in [-0.3, -0.25) is 14.9 Å². The molecule has 0 spiro atoms. The molecule has 0 aromatic carbocycles. The molecule has 1 N–H and O–H groups in total. The van der Waals surface area contributed by atoms with Crippen LogP contribution in [0.5, 0.6) is 0 Å². The van der Waals surface area contributed by atoms with Crippen molar-refractivity contribution in [2.75, 3.05) is 12.9 Å². The summed E-state index contributed by atoms with van der Waals surface area (Å²) < 4.78 is 6.71. The van der Waals surface area contributed by atoms with Gasteiger partial charge in [0.05, 0.1) is 16.2 Å². The van der Waals surface area contributed by atoms with Crippen LogP contribution in [0.15, 0.2) is 10.4 Å². The quantitative estimate of drug-likeness (QED) is 0.300. The van der Waals surface area contributed by atoms with Gasteiger partial charge in [-0.25, -0.2) is 0 Å². The van der Waals surface area contributed by atoms with E-state index in [0.717, 1.165) is 6.20 Å². The van der Waals surface area contributed by atoms with Gasteiger partial charge >= 0.3 is 0 Å². The number of hydrogen-bond donors (Lipinski definition) is 1. The summed E-state index contributed by atoms with van der Waals surface area (Å²) in [7, 11) is -1.81. The van der Waals surface area contributed by atoms with Crippen molar-refractivity contribution in [1.82, 2.24) is 5.32 Å². The minimum atomic E-state index is -1.81. The molecular formula is C14H26N2O4S2Si. The SMILES string of the molecule is CSC(=C[N+](=O)[O-])S[C@H]1NC(=O)[C@@H]1CCO[Si](C)(C)C(C)(C)C. The molecule has 1 fully saturated rings. The largest absolute Gasteiger partial charge is 0.417 e. The number of carbonyl (C=O) groups is 1. The number of carbonyl (C=O) groups excluding carboxylic acids is 1. The number of hydrogen-bond acceptors (Lipinski definition) is 6. The average molecular weight is 379 g/mol. The lowest BCUT2D eigenvalue weighted by atomic mass is 9.98. The summed E-state index contributed by atoms with van der Waals surface area (Å²) in [4.78, 5) is 21.9. The predicted molar refractivity (Wildman–Crippen MR) is 99.4 cm³/mol. The molecule has 1 aliphatic heterocycles. The van der Waals surface area contributed by atoms with Crippen LogP contribution in [0.1, 0.15) is 27.2 Å². The fourth-order valence-corrected chi connectivity index (χ4v) is 4.73. The predicted octanol–water partition coefficient (Wildman–Crippen LogP) is 3.64. The topological polar surface area (TPSA) is 81.5 Å². The third kappa shape index (κ3) is 5.81. The van der Waals surface area contributed by atoms with E-state index in [2.05, 4.69) is 39.2 Å². The Labute approximate surface area is 147 Å². The molecule has 23 heavy (non-hydrogen) atoms. The molecule has 0 saturated carbocycles. The summed E-state index contributed by atoms with van der Waals surface area (Å²) in [6.45, 7) is 11.5. The normalized spacial score (nSPS) is 22.5. The molecule has 0 aliphatic carbocycles. The summed E-state index contributed by atoms with van der Waals surface area (Å²) in [6.07, 6.45) is 3.43. The second kappa shape index (κ2) is 8.04. The Kier molecular flexibility index (Phi) is 7.18. The highest BCUT2D eigenvalue weighted by molar-refractivity contribution is 8.22. The van der Waals surface area contributed by atoms with Crippen molar-refractivity contribution >= 4 is 37.7 Å². The third-order valence-electron chi connectivity index (χ3n) is 4.34. The Morgan fingerprint density at radius 1 is 1.48 bits per heavy atom. The van der Waals surface area contributed by atoms with Crippen molar-refractivity contribution < 1.29 is 14.1 Å². The van der Waals surface area contributed by atoms with Gasteiger partial charge in [-0.05, 0) is 30.8 Å². The van der Waals surface area contributed by atoms with Crippen LogP contribution in [0.4, 0.5) is 0 Å². The lowest BCUT2D eigenvalue weighted by Gasteiger charge is -2.39. The smallest absolute Gasteiger partial charge is 0.254 e. The highest BCUT2D eigenvalue weighted by atomic mass is 32.2. The molecule has 132 valence electrons. The Morgan fingerprint density at radius 2 is 2.09 bits per heavy atom. The van der Waals surface area contributed by atoms with Crippen LogP contribution in [0.2, 0.25) is 18.1 Å². The first-order valence-electron chi connectivity index (χ1n) is 7.48. The average Bonchev–Trinajstić information content (AvgIpc) is 2.40. The van der Waals surface area contributed by atoms with E-state index in [9.17, 15) is 14.9 Å².